The molecule has 124 valence electrons. The minimum atomic E-state index is -0.951. The first-order chi connectivity index (χ1) is 11.1. The van der Waals surface area contributed by atoms with Crippen molar-refractivity contribution in [3.8, 4) is 0 Å². The molecule has 1 N–H and O–H groups in total. The van der Waals surface area contributed by atoms with E-state index in [0.29, 0.717) is 6.42 Å². The molecule has 4 heteroatoms. The zero-order valence-electron chi connectivity index (χ0n) is 13.6. The second-order valence-corrected chi connectivity index (χ2v) is 6.80. The summed E-state index contributed by atoms with van der Waals surface area (Å²) in [7, 11) is 0. The van der Waals surface area contributed by atoms with Crippen LogP contribution in [-0.4, -0.2) is 33.8 Å². The van der Waals surface area contributed by atoms with Crippen LogP contribution < -0.4 is 0 Å². The maximum Gasteiger partial charge on any atom is 0.315 e. The quantitative estimate of drug-likeness (QED) is 0.817. The van der Waals surface area contributed by atoms with Gasteiger partial charge in [-0.05, 0) is 24.8 Å². The number of benzene rings is 1. The highest BCUT2D eigenvalue weighted by molar-refractivity contribution is 6.00. The van der Waals surface area contributed by atoms with Gasteiger partial charge in [0, 0.05) is 24.5 Å². The van der Waals surface area contributed by atoms with E-state index in [1.54, 1.807) is 0 Å². The van der Waals surface area contributed by atoms with Crippen LogP contribution in [0.15, 0.2) is 30.3 Å². The summed E-state index contributed by atoms with van der Waals surface area (Å²) in [5.74, 6) is -1.88. The number of aliphatic carboxylic acids is 1. The fourth-order valence-corrected chi connectivity index (χ4v) is 4.40. The number of carbonyl (C=O) groups is 2. The van der Waals surface area contributed by atoms with Crippen LogP contribution >= 0.6 is 0 Å². The Morgan fingerprint density at radius 1 is 1.30 bits per heavy atom. The van der Waals surface area contributed by atoms with Gasteiger partial charge in [-0.1, -0.05) is 50.1 Å². The van der Waals surface area contributed by atoms with E-state index in [1.165, 1.54) is 5.56 Å². The van der Waals surface area contributed by atoms with Gasteiger partial charge < -0.3 is 5.11 Å². The molecule has 0 spiro atoms. The molecule has 0 aromatic heterocycles. The molecule has 4 nitrogen and oxygen atoms in total. The molecule has 23 heavy (non-hydrogen) atoms. The summed E-state index contributed by atoms with van der Waals surface area (Å²) in [6.07, 6.45) is 5.41. The molecule has 2 bridgehead atoms. The summed E-state index contributed by atoms with van der Waals surface area (Å²) in [6, 6.07) is 10.7. The minimum Gasteiger partial charge on any atom is -0.481 e. The molecule has 2 heterocycles. The zero-order chi connectivity index (χ0) is 16.4. The molecule has 0 radical (unpaired) electrons. The van der Waals surface area contributed by atoms with Crippen LogP contribution in [0.4, 0.5) is 0 Å². The van der Waals surface area contributed by atoms with E-state index in [-0.39, 0.29) is 23.9 Å². The van der Waals surface area contributed by atoms with Crippen LogP contribution in [0, 0.1) is 5.92 Å². The first-order valence-electron chi connectivity index (χ1n) is 8.71. The normalized spacial score (nSPS) is 28.7. The van der Waals surface area contributed by atoms with E-state index in [4.69, 9.17) is 0 Å². The van der Waals surface area contributed by atoms with Gasteiger partial charge in [0.2, 0.25) is 0 Å². The van der Waals surface area contributed by atoms with Crippen molar-refractivity contribution in [3.05, 3.63) is 35.9 Å². The number of Topliss-reactive ketones (excluding diaryl/α,β-unsaturated/α-hetero) is 1. The average molecular weight is 315 g/mol. The van der Waals surface area contributed by atoms with Crippen LogP contribution in [0.25, 0.3) is 0 Å². The van der Waals surface area contributed by atoms with E-state index in [9.17, 15) is 14.7 Å². The van der Waals surface area contributed by atoms with Crippen LogP contribution in [0.3, 0.4) is 0 Å². The highest BCUT2D eigenvalue weighted by Gasteiger charge is 2.51. The van der Waals surface area contributed by atoms with Crippen molar-refractivity contribution in [2.45, 2.75) is 63.6 Å². The number of ketones is 1. The number of piperidine rings is 1. The largest absolute Gasteiger partial charge is 0.481 e. The van der Waals surface area contributed by atoms with E-state index in [1.807, 2.05) is 18.2 Å². The predicted molar refractivity (Wildman–Crippen MR) is 88.1 cm³/mol. The van der Waals surface area contributed by atoms with Gasteiger partial charge in [0.15, 0.2) is 0 Å². The first-order valence-corrected chi connectivity index (χ1v) is 8.71. The Bertz CT molecular complexity index is 571. The molecule has 2 aliphatic rings. The molecule has 2 unspecified atom stereocenters. The Labute approximate surface area is 137 Å². The molecule has 0 aliphatic carbocycles. The number of nitrogens with zero attached hydrogens (tertiary/aromatic N) is 1. The van der Waals surface area contributed by atoms with Gasteiger partial charge in [-0.3, -0.25) is 14.5 Å². The van der Waals surface area contributed by atoms with Crippen molar-refractivity contribution in [2.24, 2.45) is 5.92 Å². The highest BCUT2D eigenvalue weighted by Crippen LogP contribution is 2.44. The number of fused-ring (bicyclic) bond motifs is 2. The summed E-state index contributed by atoms with van der Waals surface area (Å²) in [4.78, 5) is 26.2. The molecular weight excluding hydrogens is 290 g/mol. The smallest absolute Gasteiger partial charge is 0.315 e. The third-order valence-electron chi connectivity index (χ3n) is 5.41. The summed E-state index contributed by atoms with van der Waals surface area (Å²) in [6.45, 7) is 2.18. The van der Waals surface area contributed by atoms with Crippen LogP contribution in [-0.2, 0) is 9.59 Å². The van der Waals surface area contributed by atoms with Crippen molar-refractivity contribution in [1.29, 1.82) is 0 Å². The molecule has 4 atom stereocenters. The van der Waals surface area contributed by atoms with Gasteiger partial charge in [-0.15, -0.1) is 0 Å². The van der Waals surface area contributed by atoms with Gasteiger partial charge in [-0.2, -0.15) is 0 Å². The number of unbranched alkanes of at least 4 members (excludes halogenated alkanes) is 1. The Kier molecular flexibility index (Phi) is 4.81. The summed E-state index contributed by atoms with van der Waals surface area (Å²) in [5, 5.41) is 9.53. The third-order valence-corrected chi connectivity index (χ3v) is 5.41. The van der Waals surface area contributed by atoms with Gasteiger partial charge in [0.25, 0.3) is 0 Å². The van der Waals surface area contributed by atoms with Gasteiger partial charge in [0.1, 0.15) is 11.7 Å². The van der Waals surface area contributed by atoms with Gasteiger partial charge in [0.05, 0.1) is 0 Å². The second kappa shape index (κ2) is 6.83. The molecule has 0 saturated carbocycles. The highest BCUT2D eigenvalue weighted by atomic mass is 16.4. The predicted octanol–water partition coefficient (Wildman–Crippen LogP) is 3.42. The van der Waals surface area contributed by atoms with E-state index in [2.05, 4.69) is 24.0 Å². The van der Waals surface area contributed by atoms with E-state index < -0.39 is 11.9 Å². The monoisotopic (exact) mass is 315 g/mol. The molecule has 2 saturated heterocycles. The molecule has 0 amide bonds. The lowest BCUT2D eigenvalue weighted by Gasteiger charge is -2.43. The first kappa shape index (κ1) is 16.2. The summed E-state index contributed by atoms with van der Waals surface area (Å²) in [5.41, 5.74) is 1.25. The minimum absolute atomic E-state index is 0.0800. The summed E-state index contributed by atoms with van der Waals surface area (Å²) < 4.78 is 0. The van der Waals surface area contributed by atoms with Crippen molar-refractivity contribution in [1.82, 2.24) is 4.90 Å². The maximum absolute atomic E-state index is 12.2. The number of rotatable bonds is 6. The topological polar surface area (TPSA) is 57.6 Å². The van der Waals surface area contributed by atoms with Gasteiger partial charge >= 0.3 is 5.97 Å². The Morgan fingerprint density at radius 3 is 2.70 bits per heavy atom. The number of hydrogen-bond donors (Lipinski definition) is 1. The third kappa shape index (κ3) is 3.05. The van der Waals surface area contributed by atoms with Crippen LogP contribution in [0.5, 0.6) is 0 Å². The van der Waals surface area contributed by atoms with E-state index in [0.717, 1.165) is 32.1 Å². The summed E-state index contributed by atoms with van der Waals surface area (Å²) >= 11 is 0. The zero-order valence-corrected chi connectivity index (χ0v) is 13.6. The molecular formula is C19H25NO3. The number of hydrogen-bond acceptors (Lipinski definition) is 3. The maximum atomic E-state index is 12.2. The average Bonchev–Trinajstić information content (AvgIpc) is 2.83. The van der Waals surface area contributed by atoms with Crippen LogP contribution in [0.2, 0.25) is 0 Å². The Balaban J connectivity index is 1.92. The Morgan fingerprint density at radius 2 is 2.04 bits per heavy atom. The molecule has 2 aliphatic heterocycles. The number of carboxylic acids is 1. The van der Waals surface area contributed by atoms with Crippen molar-refractivity contribution < 1.29 is 14.7 Å². The van der Waals surface area contributed by atoms with Crippen molar-refractivity contribution in [3.63, 3.8) is 0 Å². The fraction of sp³-hybridized carbons (Fsp3) is 0.579. The Hall–Kier alpha value is -1.68. The molecule has 3 rings (SSSR count). The SMILES string of the molecule is CCCCC(c1ccccc1)N1[C@H]2CC[C@@H]1C(C(=O)O)C(=O)C2. The fourth-order valence-electron chi connectivity index (χ4n) is 4.40. The number of carbonyl (C=O) groups excluding carboxylic acids is 1. The standard InChI is InChI=1S/C19H25NO3/c1-2-3-9-15(13-7-5-4-6-8-13)20-14-10-11-16(20)18(19(22)23)17(21)12-14/h4-8,14-16,18H,2-3,9-12H2,1H3,(H,22,23)/t14-,15?,16+,18?/m0/s1. The second-order valence-electron chi connectivity index (χ2n) is 6.80. The van der Waals surface area contributed by atoms with Crippen LogP contribution in [0.1, 0.15) is 57.1 Å². The molecule has 2 fully saturated rings. The van der Waals surface area contributed by atoms with Crippen molar-refractivity contribution >= 4 is 11.8 Å². The lowest BCUT2D eigenvalue weighted by molar-refractivity contribution is -0.152. The molecule has 1 aromatic carbocycles. The van der Waals surface area contributed by atoms with Crippen molar-refractivity contribution in [2.75, 3.05) is 0 Å². The van der Waals surface area contributed by atoms with Gasteiger partial charge in [-0.25, -0.2) is 0 Å². The van der Waals surface area contributed by atoms with E-state index >= 15 is 0 Å². The molecule has 1 aromatic rings. The number of carboxylic acid groups (broad SMARTS) is 1. The lowest BCUT2D eigenvalue weighted by atomic mass is 9.85. The lowest BCUT2D eigenvalue weighted by Crippen LogP contribution is -2.53.